The molecular formula is C16H23N3O2. The minimum Gasteiger partial charge on any atom is -0.385 e. The molecule has 0 saturated heterocycles. The highest BCUT2D eigenvalue weighted by atomic mass is 16.6. The van der Waals surface area contributed by atoms with Crippen LogP contribution in [-0.4, -0.2) is 29.0 Å². The second kappa shape index (κ2) is 6.02. The van der Waals surface area contributed by atoms with E-state index in [2.05, 4.69) is 10.2 Å². The number of non-ortho nitro benzene ring substituents is 1. The van der Waals surface area contributed by atoms with E-state index in [4.69, 9.17) is 0 Å². The lowest BCUT2D eigenvalue weighted by Crippen LogP contribution is -2.28. The molecule has 1 aromatic rings. The molecule has 0 bridgehead atoms. The van der Waals surface area contributed by atoms with Crippen molar-refractivity contribution >= 4 is 11.4 Å². The fourth-order valence-electron chi connectivity index (χ4n) is 2.82. The van der Waals surface area contributed by atoms with E-state index in [9.17, 15) is 10.1 Å². The van der Waals surface area contributed by atoms with Gasteiger partial charge in [0.15, 0.2) is 0 Å². The topological polar surface area (TPSA) is 58.4 Å². The van der Waals surface area contributed by atoms with Crippen molar-refractivity contribution in [2.45, 2.75) is 45.2 Å². The predicted molar refractivity (Wildman–Crippen MR) is 83.4 cm³/mol. The number of anilines is 1. The van der Waals surface area contributed by atoms with Crippen molar-refractivity contribution in [2.75, 3.05) is 18.4 Å². The molecule has 0 radical (unpaired) electrons. The molecule has 0 atom stereocenters. The van der Waals surface area contributed by atoms with Crippen LogP contribution in [0.15, 0.2) is 18.2 Å². The fourth-order valence-corrected chi connectivity index (χ4v) is 2.82. The third-order valence-corrected chi connectivity index (χ3v) is 4.29. The predicted octanol–water partition coefficient (Wildman–Crippen LogP) is 3.40. The first-order valence-electron chi connectivity index (χ1n) is 7.92. The summed E-state index contributed by atoms with van der Waals surface area (Å²) in [5.41, 5.74) is 2.27. The molecule has 0 unspecified atom stereocenters. The van der Waals surface area contributed by atoms with Crippen LogP contribution in [0.3, 0.4) is 0 Å². The van der Waals surface area contributed by atoms with Gasteiger partial charge in [-0.1, -0.05) is 0 Å². The molecule has 2 aliphatic rings. The van der Waals surface area contributed by atoms with Gasteiger partial charge in [-0.15, -0.1) is 0 Å². The zero-order valence-corrected chi connectivity index (χ0v) is 12.5. The van der Waals surface area contributed by atoms with Crippen molar-refractivity contribution < 1.29 is 4.92 Å². The van der Waals surface area contributed by atoms with E-state index in [0.717, 1.165) is 36.8 Å². The Bertz CT molecular complexity index is 524. The van der Waals surface area contributed by atoms with Crippen LogP contribution in [-0.2, 0) is 6.54 Å². The Morgan fingerprint density at radius 3 is 2.67 bits per heavy atom. The first kappa shape index (κ1) is 14.3. The van der Waals surface area contributed by atoms with E-state index in [1.165, 1.54) is 25.7 Å². The highest BCUT2D eigenvalue weighted by Gasteiger charge is 2.34. The van der Waals surface area contributed by atoms with Crippen LogP contribution in [0.2, 0.25) is 0 Å². The van der Waals surface area contributed by atoms with Crippen molar-refractivity contribution in [3.8, 4) is 0 Å². The Kier molecular flexibility index (Phi) is 4.10. The average molecular weight is 289 g/mol. The van der Waals surface area contributed by atoms with E-state index < -0.39 is 0 Å². The normalized spacial score (nSPS) is 18.0. The van der Waals surface area contributed by atoms with Gasteiger partial charge >= 0.3 is 0 Å². The molecule has 21 heavy (non-hydrogen) atoms. The number of nitro benzene ring substituents is 1. The lowest BCUT2D eigenvalue weighted by molar-refractivity contribution is -0.384. The van der Waals surface area contributed by atoms with Gasteiger partial charge in [0.2, 0.25) is 0 Å². The smallest absolute Gasteiger partial charge is 0.269 e. The van der Waals surface area contributed by atoms with Crippen LogP contribution in [0.1, 0.15) is 38.2 Å². The first-order valence-corrected chi connectivity index (χ1v) is 7.92. The Morgan fingerprint density at radius 1 is 1.33 bits per heavy atom. The SMILES string of the molecule is CCNc1ccc([N+](=O)[O-])cc1CN(CC1CC1)C1CC1. The second-order valence-electron chi connectivity index (χ2n) is 6.23. The summed E-state index contributed by atoms with van der Waals surface area (Å²) in [5, 5.41) is 14.3. The number of hydrogen-bond acceptors (Lipinski definition) is 4. The van der Waals surface area contributed by atoms with Crippen molar-refractivity contribution in [1.29, 1.82) is 0 Å². The zero-order chi connectivity index (χ0) is 14.8. The fraction of sp³-hybridized carbons (Fsp3) is 0.625. The van der Waals surface area contributed by atoms with Crippen molar-refractivity contribution in [2.24, 2.45) is 5.92 Å². The van der Waals surface area contributed by atoms with Crippen LogP contribution < -0.4 is 5.32 Å². The summed E-state index contributed by atoms with van der Waals surface area (Å²) in [5.74, 6) is 0.854. The van der Waals surface area contributed by atoms with Gasteiger partial charge in [0.1, 0.15) is 0 Å². The second-order valence-corrected chi connectivity index (χ2v) is 6.23. The van der Waals surface area contributed by atoms with E-state index in [0.29, 0.717) is 6.04 Å². The summed E-state index contributed by atoms with van der Waals surface area (Å²) in [6, 6.07) is 5.86. The van der Waals surface area contributed by atoms with Gasteiger partial charge in [-0.3, -0.25) is 15.0 Å². The molecule has 1 N–H and O–H groups in total. The first-order chi connectivity index (χ1) is 10.2. The lowest BCUT2D eigenvalue weighted by Gasteiger charge is -2.23. The number of nitrogens with one attached hydrogen (secondary N) is 1. The minimum absolute atomic E-state index is 0.189. The lowest BCUT2D eigenvalue weighted by atomic mass is 10.1. The maximum Gasteiger partial charge on any atom is 0.269 e. The van der Waals surface area contributed by atoms with E-state index in [1.54, 1.807) is 12.1 Å². The number of nitrogens with zero attached hydrogens (tertiary/aromatic N) is 2. The maximum absolute atomic E-state index is 11.0. The highest BCUT2D eigenvalue weighted by Crippen LogP contribution is 2.36. The zero-order valence-electron chi connectivity index (χ0n) is 12.5. The Balaban J connectivity index is 1.79. The molecular weight excluding hydrogens is 266 g/mol. The van der Waals surface area contributed by atoms with Gasteiger partial charge < -0.3 is 5.32 Å². The molecule has 5 heteroatoms. The third-order valence-electron chi connectivity index (χ3n) is 4.29. The molecule has 1 aromatic carbocycles. The monoisotopic (exact) mass is 289 g/mol. The average Bonchev–Trinajstić information content (AvgIpc) is 3.33. The highest BCUT2D eigenvalue weighted by molar-refractivity contribution is 5.56. The number of benzene rings is 1. The summed E-state index contributed by atoms with van der Waals surface area (Å²) >= 11 is 0. The molecule has 5 nitrogen and oxygen atoms in total. The molecule has 0 aromatic heterocycles. The van der Waals surface area contributed by atoms with Crippen molar-refractivity contribution in [3.63, 3.8) is 0 Å². The third kappa shape index (κ3) is 3.73. The van der Waals surface area contributed by atoms with Crippen LogP contribution in [0.4, 0.5) is 11.4 Å². The Morgan fingerprint density at radius 2 is 2.10 bits per heavy atom. The van der Waals surface area contributed by atoms with Crippen molar-refractivity contribution in [3.05, 3.63) is 33.9 Å². The largest absolute Gasteiger partial charge is 0.385 e. The van der Waals surface area contributed by atoms with Gasteiger partial charge in [0, 0.05) is 43.5 Å². The molecule has 114 valence electrons. The van der Waals surface area contributed by atoms with Crippen LogP contribution in [0.5, 0.6) is 0 Å². The minimum atomic E-state index is -0.304. The molecule has 0 spiro atoms. The summed E-state index contributed by atoms with van der Waals surface area (Å²) in [6.45, 7) is 4.86. The number of rotatable bonds is 8. The molecule has 0 heterocycles. The molecule has 3 rings (SSSR count). The molecule has 2 aliphatic carbocycles. The quantitative estimate of drug-likeness (QED) is 0.588. The van der Waals surface area contributed by atoms with E-state index in [1.807, 2.05) is 13.0 Å². The standard InChI is InChI=1S/C16H23N3O2/c1-2-17-16-8-7-15(19(20)21)9-13(16)11-18(14-5-6-14)10-12-3-4-12/h7-9,12,14,17H,2-6,10-11H2,1H3. The van der Waals surface area contributed by atoms with Gasteiger partial charge in [0.05, 0.1) is 4.92 Å². The molecule has 0 amide bonds. The molecule has 0 aliphatic heterocycles. The van der Waals surface area contributed by atoms with Gasteiger partial charge in [-0.25, -0.2) is 0 Å². The summed E-state index contributed by atoms with van der Waals surface area (Å²) < 4.78 is 0. The van der Waals surface area contributed by atoms with Gasteiger partial charge in [-0.2, -0.15) is 0 Å². The summed E-state index contributed by atoms with van der Waals surface area (Å²) in [4.78, 5) is 13.2. The van der Waals surface area contributed by atoms with E-state index >= 15 is 0 Å². The van der Waals surface area contributed by atoms with Crippen LogP contribution >= 0.6 is 0 Å². The summed E-state index contributed by atoms with van der Waals surface area (Å²) in [6.07, 6.45) is 5.24. The Labute approximate surface area is 125 Å². The van der Waals surface area contributed by atoms with Gasteiger partial charge in [-0.05, 0) is 50.2 Å². The Hall–Kier alpha value is -1.62. The van der Waals surface area contributed by atoms with Crippen LogP contribution in [0, 0.1) is 16.0 Å². The molecule has 2 fully saturated rings. The van der Waals surface area contributed by atoms with E-state index in [-0.39, 0.29) is 10.6 Å². The van der Waals surface area contributed by atoms with Crippen LogP contribution in [0.25, 0.3) is 0 Å². The van der Waals surface area contributed by atoms with Crippen molar-refractivity contribution in [1.82, 2.24) is 4.90 Å². The van der Waals surface area contributed by atoms with Gasteiger partial charge in [0.25, 0.3) is 5.69 Å². The number of hydrogen-bond donors (Lipinski definition) is 1. The summed E-state index contributed by atoms with van der Waals surface area (Å²) in [7, 11) is 0. The maximum atomic E-state index is 11.0. The molecule has 2 saturated carbocycles. The number of nitro groups is 1.